The number of β-amino-alcohol motifs (C(OH)–C–C–N with tert-alkyl or cyclic N) is 1. The van der Waals surface area contributed by atoms with Gasteiger partial charge < -0.3 is 14.7 Å². The molecule has 2 rings (SSSR count). The summed E-state index contributed by atoms with van der Waals surface area (Å²) in [7, 11) is 2.17. The largest absolute Gasteiger partial charge is 0.390 e. The second kappa shape index (κ2) is 7.21. The highest BCUT2D eigenvalue weighted by Crippen LogP contribution is 2.36. The molecule has 20 heavy (non-hydrogen) atoms. The Bertz CT molecular complexity index is 280. The van der Waals surface area contributed by atoms with Gasteiger partial charge in [0.15, 0.2) is 0 Å². The molecule has 1 saturated carbocycles. The second-order valence-corrected chi connectivity index (χ2v) is 7.40. The number of nitrogens with zero attached hydrogens (tertiary/aromatic N) is 2. The fraction of sp³-hybridized carbons (Fsp3) is 1.00. The summed E-state index contributed by atoms with van der Waals surface area (Å²) in [6, 6.07) is 0.655. The van der Waals surface area contributed by atoms with E-state index in [-0.39, 0.29) is 6.10 Å². The van der Waals surface area contributed by atoms with E-state index in [0.717, 1.165) is 39.4 Å². The Kier molecular flexibility index (Phi) is 5.84. The van der Waals surface area contributed by atoms with Crippen molar-refractivity contribution in [3.63, 3.8) is 0 Å². The van der Waals surface area contributed by atoms with Crippen molar-refractivity contribution in [2.75, 3.05) is 46.4 Å². The molecule has 1 N–H and O–H groups in total. The molecule has 4 heteroatoms. The van der Waals surface area contributed by atoms with Gasteiger partial charge in [-0.25, -0.2) is 0 Å². The maximum atomic E-state index is 10.3. The number of hydrogen-bond acceptors (Lipinski definition) is 4. The monoisotopic (exact) mass is 284 g/mol. The molecule has 0 bridgehead atoms. The van der Waals surface area contributed by atoms with Crippen LogP contribution >= 0.6 is 0 Å². The van der Waals surface area contributed by atoms with Crippen LogP contribution < -0.4 is 0 Å². The number of hydrogen-bond donors (Lipinski definition) is 1. The topological polar surface area (TPSA) is 35.9 Å². The van der Waals surface area contributed by atoms with Gasteiger partial charge in [-0.05, 0) is 38.1 Å². The average molecular weight is 284 g/mol. The van der Waals surface area contributed by atoms with E-state index in [0.29, 0.717) is 11.5 Å². The fourth-order valence-electron chi connectivity index (χ4n) is 3.45. The van der Waals surface area contributed by atoms with Crippen molar-refractivity contribution in [1.29, 1.82) is 0 Å². The summed E-state index contributed by atoms with van der Waals surface area (Å²) in [6.45, 7) is 9.85. The van der Waals surface area contributed by atoms with Gasteiger partial charge >= 0.3 is 0 Å². The number of ether oxygens (including phenoxy) is 1. The Balaban J connectivity index is 1.69. The molecule has 0 radical (unpaired) electrons. The van der Waals surface area contributed by atoms with Crippen LogP contribution in [0.25, 0.3) is 0 Å². The van der Waals surface area contributed by atoms with E-state index >= 15 is 0 Å². The highest BCUT2D eigenvalue weighted by atomic mass is 16.5. The molecule has 4 nitrogen and oxygen atoms in total. The zero-order chi connectivity index (χ0) is 14.6. The summed E-state index contributed by atoms with van der Waals surface area (Å²) in [5, 5.41) is 10.3. The Morgan fingerprint density at radius 2 is 1.85 bits per heavy atom. The lowest BCUT2D eigenvalue weighted by molar-refractivity contribution is 0.00256. The summed E-state index contributed by atoms with van der Waals surface area (Å²) < 4.78 is 5.34. The van der Waals surface area contributed by atoms with Gasteiger partial charge in [0.05, 0.1) is 19.3 Å². The van der Waals surface area contributed by atoms with Crippen LogP contribution in [0.1, 0.15) is 39.5 Å². The molecule has 1 heterocycles. The number of aliphatic hydroxyl groups is 1. The predicted molar refractivity (Wildman–Crippen MR) is 81.9 cm³/mol. The molecular formula is C16H32N2O2. The molecule has 1 aliphatic carbocycles. The van der Waals surface area contributed by atoms with Crippen LogP contribution in [0.4, 0.5) is 0 Å². The lowest BCUT2D eigenvalue weighted by atomic mass is 9.75. The summed E-state index contributed by atoms with van der Waals surface area (Å²) in [4.78, 5) is 4.69. The van der Waals surface area contributed by atoms with Gasteiger partial charge in [-0.15, -0.1) is 0 Å². The Labute approximate surface area is 124 Å². The van der Waals surface area contributed by atoms with Crippen LogP contribution in [-0.2, 0) is 4.74 Å². The molecule has 1 aliphatic heterocycles. The standard InChI is InChI=1S/C16H32N2O2/c1-16(2)6-4-14(5-7-16)17(3)12-15(19)13-18-8-10-20-11-9-18/h14-15,19H,4-13H2,1-3H3. The van der Waals surface area contributed by atoms with E-state index in [1.54, 1.807) is 0 Å². The summed E-state index contributed by atoms with van der Waals surface area (Å²) in [5.41, 5.74) is 0.518. The van der Waals surface area contributed by atoms with E-state index in [1.165, 1.54) is 25.7 Å². The normalized spacial score (nSPS) is 26.9. The van der Waals surface area contributed by atoms with Crippen LogP contribution in [0.15, 0.2) is 0 Å². The van der Waals surface area contributed by atoms with Crippen molar-refractivity contribution in [3.8, 4) is 0 Å². The molecule has 0 aromatic heterocycles. The molecule has 1 saturated heterocycles. The van der Waals surface area contributed by atoms with Crippen molar-refractivity contribution < 1.29 is 9.84 Å². The third kappa shape index (κ3) is 4.99. The highest BCUT2D eigenvalue weighted by Gasteiger charge is 2.29. The number of rotatable bonds is 5. The van der Waals surface area contributed by atoms with E-state index in [2.05, 4.69) is 30.7 Å². The summed E-state index contributed by atoms with van der Waals surface area (Å²) >= 11 is 0. The predicted octanol–water partition coefficient (Wildman–Crippen LogP) is 1.58. The quantitative estimate of drug-likeness (QED) is 0.831. The first-order chi connectivity index (χ1) is 9.46. The van der Waals surface area contributed by atoms with Crippen molar-refractivity contribution in [3.05, 3.63) is 0 Å². The summed E-state index contributed by atoms with van der Waals surface area (Å²) in [6.07, 6.45) is 4.91. The van der Waals surface area contributed by atoms with Gasteiger partial charge in [0, 0.05) is 32.2 Å². The van der Waals surface area contributed by atoms with Crippen molar-refractivity contribution >= 4 is 0 Å². The number of morpholine rings is 1. The van der Waals surface area contributed by atoms with Crippen LogP contribution in [-0.4, -0.2) is 73.5 Å². The van der Waals surface area contributed by atoms with Gasteiger partial charge in [-0.3, -0.25) is 4.90 Å². The average Bonchev–Trinajstić information content (AvgIpc) is 2.39. The second-order valence-electron chi connectivity index (χ2n) is 7.40. The van der Waals surface area contributed by atoms with Crippen LogP contribution in [0.3, 0.4) is 0 Å². The van der Waals surface area contributed by atoms with Gasteiger partial charge in [0.25, 0.3) is 0 Å². The van der Waals surface area contributed by atoms with E-state index in [1.807, 2.05) is 0 Å². The van der Waals surface area contributed by atoms with E-state index in [9.17, 15) is 5.11 Å². The molecule has 0 amide bonds. The molecule has 1 unspecified atom stereocenters. The zero-order valence-electron chi connectivity index (χ0n) is 13.5. The maximum absolute atomic E-state index is 10.3. The maximum Gasteiger partial charge on any atom is 0.0793 e. The summed E-state index contributed by atoms with van der Waals surface area (Å²) in [5.74, 6) is 0. The van der Waals surface area contributed by atoms with Gasteiger partial charge in [0.1, 0.15) is 0 Å². The number of aliphatic hydroxyl groups excluding tert-OH is 1. The molecule has 2 aliphatic rings. The molecule has 1 atom stereocenters. The van der Waals surface area contributed by atoms with E-state index in [4.69, 9.17) is 4.74 Å². The molecule has 118 valence electrons. The van der Waals surface area contributed by atoms with Gasteiger partial charge in [-0.2, -0.15) is 0 Å². The Morgan fingerprint density at radius 1 is 1.25 bits per heavy atom. The third-order valence-electron chi connectivity index (χ3n) is 5.00. The van der Waals surface area contributed by atoms with Crippen LogP contribution in [0.5, 0.6) is 0 Å². The minimum absolute atomic E-state index is 0.243. The molecular weight excluding hydrogens is 252 g/mol. The molecule has 2 fully saturated rings. The Morgan fingerprint density at radius 3 is 2.45 bits per heavy atom. The molecule has 0 aromatic carbocycles. The van der Waals surface area contributed by atoms with Crippen molar-refractivity contribution in [1.82, 2.24) is 9.80 Å². The van der Waals surface area contributed by atoms with Crippen molar-refractivity contribution in [2.45, 2.75) is 51.7 Å². The first kappa shape index (κ1) is 16.2. The van der Waals surface area contributed by atoms with Crippen molar-refractivity contribution in [2.24, 2.45) is 5.41 Å². The SMILES string of the molecule is CN(CC(O)CN1CCOCC1)C1CCC(C)(C)CC1. The molecule has 0 spiro atoms. The smallest absolute Gasteiger partial charge is 0.0793 e. The van der Waals surface area contributed by atoms with Gasteiger partial charge in [0.2, 0.25) is 0 Å². The lowest BCUT2D eigenvalue weighted by Gasteiger charge is -2.39. The third-order valence-corrected chi connectivity index (χ3v) is 5.00. The first-order valence-electron chi connectivity index (χ1n) is 8.15. The number of likely N-dealkylation sites (N-methyl/N-ethyl adjacent to an activating group) is 1. The lowest BCUT2D eigenvalue weighted by Crippen LogP contribution is -2.46. The van der Waals surface area contributed by atoms with Crippen LogP contribution in [0, 0.1) is 5.41 Å². The molecule has 0 aromatic rings. The highest BCUT2D eigenvalue weighted by molar-refractivity contribution is 4.84. The fourth-order valence-corrected chi connectivity index (χ4v) is 3.45. The first-order valence-corrected chi connectivity index (χ1v) is 8.15. The van der Waals surface area contributed by atoms with Gasteiger partial charge in [-0.1, -0.05) is 13.8 Å². The zero-order valence-corrected chi connectivity index (χ0v) is 13.5. The minimum atomic E-state index is -0.243. The van der Waals surface area contributed by atoms with Crippen LogP contribution in [0.2, 0.25) is 0 Å². The minimum Gasteiger partial charge on any atom is -0.390 e. The Hall–Kier alpha value is -0.160. The van der Waals surface area contributed by atoms with E-state index < -0.39 is 0 Å².